The molecule has 0 aromatic heterocycles. The zero-order chi connectivity index (χ0) is 11.3. The molecule has 0 saturated heterocycles. The van der Waals surface area contributed by atoms with Crippen molar-refractivity contribution in [3.8, 4) is 0 Å². The smallest absolute Gasteiger partial charge is 0.0371 e. The van der Waals surface area contributed by atoms with E-state index in [1.165, 1.54) is 16.8 Å². The van der Waals surface area contributed by atoms with Crippen LogP contribution < -0.4 is 10.6 Å². The minimum absolute atomic E-state index is 0.612. The summed E-state index contributed by atoms with van der Waals surface area (Å²) in [4.78, 5) is 2.21. The molecule has 0 aliphatic heterocycles. The third-order valence-corrected chi connectivity index (χ3v) is 2.33. The van der Waals surface area contributed by atoms with Crippen LogP contribution in [-0.4, -0.2) is 20.1 Å². The highest BCUT2D eigenvalue weighted by Crippen LogP contribution is 2.17. The van der Waals surface area contributed by atoms with Gasteiger partial charge in [0.25, 0.3) is 0 Å². The van der Waals surface area contributed by atoms with E-state index < -0.39 is 0 Å². The Bertz CT molecular complexity index is 322. The molecule has 0 radical (unpaired) electrons. The minimum Gasteiger partial charge on any atom is -0.371 e. The molecule has 15 heavy (non-hydrogen) atoms. The Balaban J connectivity index is 2.72. The lowest BCUT2D eigenvalue weighted by atomic mass is 10.1. The van der Waals surface area contributed by atoms with Crippen LogP contribution in [0.15, 0.2) is 30.4 Å². The standard InChI is InChI=1S/C13H20N2/c1-11-8-12(2)10-13(9-11)15(3)7-5-4-6-14/h4-5,8-10H,6-7,14H2,1-3H3. The summed E-state index contributed by atoms with van der Waals surface area (Å²) in [6.45, 7) is 5.76. The van der Waals surface area contributed by atoms with E-state index in [9.17, 15) is 0 Å². The first-order valence-corrected chi connectivity index (χ1v) is 5.28. The fraction of sp³-hybridized carbons (Fsp3) is 0.385. The molecular formula is C13H20N2. The highest BCUT2D eigenvalue weighted by atomic mass is 15.1. The van der Waals surface area contributed by atoms with E-state index in [-0.39, 0.29) is 0 Å². The number of nitrogens with zero attached hydrogens (tertiary/aromatic N) is 1. The molecule has 0 bridgehead atoms. The number of rotatable bonds is 4. The third kappa shape index (κ3) is 3.76. The Morgan fingerprint density at radius 1 is 1.13 bits per heavy atom. The Kier molecular flexibility index (Phi) is 4.37. The van der Waals surface area contributed by atoms with Gasteiger partial charge in [0.2, 0.25) is 0 Å². The van der Waals surface area contributed by atoms with Gasteiger partial charge in [-0.1, -0.05) is 18.2 Å². The largest absolute Gasteiger partial charge is 0.371 e. The maximum atomic E-state index is 5.40. The number of anilines is 1. The van der Waals surface area contributed by atoms with E-state index in [4.69, 9.17) is 5.73 Å². The molecule has 1 aromatic rings. The number of hydrogen-bond donors (Lipinski definition) is 1. The van der Waals surface area contributed by atoms with Crippen LogP contribution >= 0.6 is 0 Å². The van der Waals surface area contributed by atoms with Crippen LogP contribution in [0.5, 0.6) is 0 Å². The summed E-state index contributed by atoms with van der Waals surface area (Å²) in [6, 6.07) is 6.58. The molecular weight excluding hydrogens is 184 g/mol. The van der Waals surface area contributed by atoms with Crippen molar-refractivity contribution in [3.05, 3.63) is 41.5 Å². The van der Waals surface area contributed by atoms with Crippen molar-refractivity contribution in [1.29, 1.82) is 0 Å². The van der Waals surface area contributed by atoms with Gasteiger partial charge >= 0.3 is 0 Å². The van der Waals surface area contributed by atoms with Crippen LogP contribution in [0, 0.1) is 13.8 Å². The molecule has 1 rings (SSSR count). The zero-order valence-corrected chi connectivity index (χ0v) is 9.83. The van der Waals surface area contributed by atoms with Crippen molar-refractivity contribution >= 4 is 5.69 Å². The quantitative estimate of drug-likeness (QED) is 0.762. The zero-order valence-electron chi connectivity index (χ0n) is 9.83. The Morgan fingerprint density at radius 2 is 1.73 bits per heavy atom. The van der Waals surface area contributed by atoms with Crippen LogP contribution in [0.4, 0.5) is 5.69 Å². The molecule has 82 valence electrons. The Labute approximate surface area is 92.4 Å². The van der Waals surface area contributed by atoms with Gasteiger partial charge in [0.05, 0.1) is 0 Å². The lowest BCUT2D eigenvalue weighted by Crippen LogP contribution is -2.17. The van der Waals surface area contributed by atoms with Gasteiger partial charge in [0.1, 0.15) is 0 Å². The first-order valence-electron chi connectivity index (χ1n) is 5.28. The van der Waals surface area contributed by atoms with Gasteiger partial charge in [-0.2, -0.15) is 0 Å². The summed E-state index contributed by atoms with van der Waals surface area (Å²) < 4.78 is 0. The molecule has 0 aliphatic carbocycles. The molecule has 0 unspecified atom stereocenters. The molecule has 2 N–H and O–H groups in total. The van der Waals surface area contributed by atoms with Crippen LogP contribution in [0.2, 0.25) is 0 Å². The van der Waals surface area contributed by atoms with E-state index in [2.05, 4.69) is 50.1 Å². The molecule has 0 aliphatic rings. The van der Waals surface area contributed by atoms with Gasteiger partial charge < -0.3 is 10.6 Å². The maximum absolute atomic E-state index is 5.40. The van der Waals surface area contributed by atoms with Crippen molar-refractivity contribution in [2.24, 2.45) is 5.73 Å². The molecule has 1 aromatic carbocycles. The SMILES string of the molecule is Cc1cc(C)cc(N(C)CC=CCN)c1. The predicted molar refractivity (Wildman–Crippen MR) is 67.4 cm³/mol. The highest BCUT2D eigenvalue weighted by Gasteiger charge is 1.99. The molecule has 0 atom stereocenters. The second kappa shape index (κ2) is 5.56. The molecule has 0 spiro atoms. The summed E-state index contributed by atoms with van der Waals surface area (Å²) in [6.07, 6.45) is 4.08. The maximum Gasteiger partial charge on any atom is 0.0371 e. The molecule has 0 fully saturated rings. The molecule has 2 heteroatoms. The van der Waals surface area contributed by atoms with Crippen molar-refractivity contribution in [2.75, 3.05) is 25.0 Å². The molecule has 2 nitrogen and oxygen atoms in total. The Hall–Kier alpha value is -1.28. The van der Waals surface area contributed by atoms with Crippen molar-refractivity contribution in [1.82, 2.24) is 0 Å². The van der Waals surface area contributed by atoms with Crippen LogP contribution in [0.25, 0.3) is 0 Å². The van der Waals surface area contributed by atoms with Crippen molar-refractivity contribution in [3.63, 3.8) is 0 Å². The average molecular weight is 204 g/mol. The number of likely N-dealkylation sites (N-methyl/N-ethyl adjacent to an activating group) is 1. The number of hydrogen-bond acceptors (Lipinski definition) is 2. The lowest BCUT2D eigenvalue weighted by Gasteiger charge is -2.18. The molecule has 0 heterocycles. The van der Waals surface area contributed by atoms with Crippen LogP contribution in [0.1, 0.15) is 11.1 Å². The van der Waals surface area contributed by atoms with Gasteiger partial charge in [-0.25, -0.2) is 0 Å². The second-order valence-electron chi connectivity index (χ2n) is 3.93. The summed E-state index contributed by atoms with van der Waals surface area (Å²) in [5.74, 6) is 0. The highest BCUT2D eigenvalue weighted by molar-refractivity contribution is 5.50. The van der Waals surface area contributed by atoms with Crippen LogP contribution in [-0.2, 0) is 0 Å². The van der Waals surface area contributed by atoms with Gasteiger partial charge in [0, 0.05) is 25.8 Å². The van der Waals surface area contributed by atoms with Gasteiger partial charge in [-0.3, -0.25) is 0 Å². The number of benzene rings is 1. The first kappa shape index (κ1) is 11.8. The number of aryl methyl sites for hydroxylation is 2. The Morgan fingerprint density at radius 3 is 2.27 bits per heavy atom. The van der Waals surface area contributed by atoms with Gasteiger partial charge in [0.15, 0.2) is 0 Å². The topological polar surface area (TPSA) is 29.3 Å². The summed E-state index contributed by atoms with van der Waals surface area (Å²) in [5.41, 5.74) is 9.27. The fourth-order valence-corrected chi connectivity index (χ4v) is 1.61. The summed E-state index contributed by atoms with van der Waals surface area (Å²) in [7, 11) is 2.09. The van der Waals surface area contributed by atoms with Crippen molar-refractivity contribution in [2.45, 2.75) is 13.8 Å². The minimum atomic E-state index is 0.612. The molecule has 0 amide bonds. The monoisotopic (exact) mass is 204 g/mol. The molecule has 0 saturated carbocycles. The van der Waals surface area contributed by atoms with E-state index in [1.54, 1.807) is 0 Å². The fourth-order valence-electron chi connectivity index (χ4n) is 1.61. The van der Waals surface area contributed by atoms with Crippen LogP contribution in [0.3, 0.4) is 0 Å². The van der Waals surface area contributed by atoms with Gasteiger partial charge in [-0.15, -0.1) is 0 Å². The van der Waals surface area contributed by atoms with E-state index in [0.29, 0.717) is 6.54 Å². The summed E-state index contributed by atoms with van der Waals surface area (Å²) >= 11 is 0. The average Bonchev–Trinajstić information content (AvgIpc) is 2.16. The van der Waals surface area contributed by atoms with E-state index in [1.807, 2.05) is 6.08 Å². The normalized spacial score (nSPS) is 10.9. The first-order chi connectivity index (χ1) is 7.13. The lowest BCUT2D eigenvalue weighted by molar-refractivity contribution is 1.02. The number of nitrogens with two attached hydrogens (primary N) is 1. The van der Waals surface area contributed by atoms with Gasteiger partial charge in [-0.05, 0) is 37.1 Å². The third-order valence-electron chi connectivity index (χ3n) is 2.33. The van der Waals surface area contributed by atoms with E-state index >= 15 is 0 Å². The second-order valence-corrected chi connectivity index (χ2v) is 3.93. The predicted octanol–water partition coefficient (Wildman–Crippen LogP) is 2.25. The van der Waals surface area contributed by atoms with E-state index in [0.717, 1.165) is 6.54 Å². The summed E-state index contributed by atoms with van der Waals surface area (Å²) in [5, 5.41) is 0. The van der Waals surface area contributed by atoms with Crippen molar-refractivity contribution < 1.29 is 0 Å².